The summed E-state index contributed by atoms with van der Waals surface area (Å²) in [7, 11) is 1.64. The number of methoxy groups -OCH3 is 1. The molecule has 0 aliphatic carbocycles. The van der Waals surface area contributed by atoms with E-state index in [0.717, 1.165) is 17.1 Å². The number of anilines is 1. The molecule has 0 saturated carbocycles. The molecule has 0 spiro atoms. The number of nitrogens with one attached hydrogen (secondary N) is 1. The minimum absolute atomic E-state index is 0.0854. The van der Waals surface area contributed by atoms with Gasteiger partial charge in [-0.2, -0.15) is 0 Å². The summed E-state index contributed by atoms with van der Waals surface area (Å²) < 4.78 is 5.21. The molecule has 3 aromatic rings. The Hall–Kier alpha value is -3.14. The van der Waals surface area contributed by atoms with Crippen molar-refractivity contribution < 1.29 is 9.53 Å². The predicted octanol–water partition coefficient (Wildman–Crippen LogP) is 4.76. The van der Waals surface area contributed by atoms with E-state index in [1.165, 1.54) is 0 Å². The molecule has 0 radical (unpaired) electrons. The molecule has 26 heavy (non-hydrogen) atoms. The van der Waals surface area contributed by atoms with Gasteiger partial charge in [-0.15, -0.1) is 0 Å². The number of carbonyl (C=O) groups excluding carboxylic acids is 1. The molecule has 3 rings (SSSR count). The van der Waals surface area contributed by atoms with Crippen LogP contribution in [0, 0.1) is 5.92 Å². The molecule has 0 amide bonds. The number of pyridine rings is 1. The van der Waals surface area contributed by atoms with Crippen molar-refractivity contribution >= 4 is 11.5 Å². The van der Waals surface area contributed by atoms with Crippen LogP contribution in [0.15, 0.2) is 79.0 Å². The van der Waals surface area contributed by atoms with Crippen LogP contribution in [0.5, 0.6) is 5.75 Å². The topological polar surface area (TPSA) is 51.2 Å². The highest BCUT2D eigenvalue weighted by Crippen LogP contribution is 2.29. The van der Waals surface area contributed by atoms with E-state index in [9.17, 15) is 4.79 Å². The highest BCUT2D eigenvalue weighted by molar-refractivity contribution is 5.98. The molecular weight excluding hydrogens is 324 g/mol. The number of ketones is 1. The fraction of sp³-hybridized carbons (Fsp3) is 0.182. The number of nitrogens with zero attached hydrogens (tertiary/aromatic N) is 1. The molecule has 1 N–H and O–H groups in total. The maximum absolute atomic E-state index is 13.0. The van der Waals surface area contributed by atoms with Gasteiger partial charge in [0.25, 0.3) is 0 Å². The molecule has 2 unspecified atom stereocenters. The van der Waals surface area contributed by atoms with Gasteiger partial charge < -0.3 is 10.1 Å². The smallest absolute Gasteiger partial charge is 0.168 e. The van der Waals surface area contributed by atoms with E-state index in [0.29, 0.717) is 5.56 Å². The van der Waals surface area contributed by atoms with Crippen LogP contribution in [-0.2, 0) is 0 Å². The van der Waals surface area contributed by atoms with E-state index in [-0.39, 0.29) is 17.7 Å². The summed E-state index contributed by atoms with van der Waals surface area (Å²) in [6.07, 6.45) is 1.75. The Morgan fingerprint density at radius 1 is 0.962 bits per heavy atom. The van der Waals surface area contributed by atoms with Crippen molar-refractivity contribution in [3.8, 4) is 5.75 Å². The summed E-state index contributed by atoms with van der Waals surface area (Å²) in [6, 6.07) is 22.5. The molecule has 0 fully saturated rings. The van der Waals surface area contributed by atoms with Crippen LogP contribution in [0.1, 0.15) is 29.0 Å². The summed E-state index contributed by atoms with van der Waals surface area (Å²) in [5, 5.41) is 3.46. The van der Waals surface area contributed by atoms with Gasteiger partial charge in [-0.25, -0.2) is 0 Å². The van der Waals surface area contributed by atoms with Crippen molar-refractivity contribution in [2.75, 3.05) is 12.4 Å². The number of benzene rings is 2. The lowest BCUT2D eigenvalue weighted by atomic mass is 9.90. The number of Topliss-reactive ketones (excluding diaryl/α,β-unsaturated/α-hetero) is 1. The molecule has 0 bridgehead atoms. The average Bonchev–Trinajstić information content (AvgIpc) is 2.72. The molecule has 1 heterocycles. The minimum atomic E-state index is -0.283. The summed E-state index contributed by atoms with van der Waals surface area (Å²) in [6.45, 7) is 1.94. The lowest BCUT2D eigenvalue weighted by molar-refractivity contribution is 0.0916. The van der Waals surface area contributed by atoms with Crippen LogP contribution in [0.2, 0.25) is 0 Å². The third kappa shape index (κ3) is 4.09. The van der Waals surface area contributed by atoms with Gasteiger partial charge in [-0.1, -0.05) is 43.3 Å². The van der Waals surface area contributed by atoms with E-state index in [1.54, 1.807) is 13.3 Å². The molecule has 4 nitrogen and oxygen atoms in total. The first kappa shape index (κ1) is 17.7. The Kier molecular flexibility index (Phi) is 5.64. The van der Waals surface area contributed by atoms with Gasteiger partial charge in [0.2, 0.25) is 0 Å². The van der Waals surface area contributed by atoms with Crippen LogP contribution in [-0.4, -0.2) is 17.9 Å². The molecule has 2 atom stereocenters. The summed E-state index contributed by atoms with van der Waals surface area (Å²) in [4.78, 5) is 17.4. The minimum Gasteiger partial charge on any atom is -0.497 e. The van der Waals surface area contributed by atoms with Crippen molar-refractivity contribution in [1.82, 2.24) is 4.98 Å². The zero-order valence-electron chi connectivity index (χ0n) is 14.9. The average molecular weight is 346 g/mol. The second-order valence-corrected chi connectivity index (χ2v) is 6.12. The Morgan fingerprint density at radius 2 is 1.65 bits per heavy atom. The molecule has 4 heteroatoms. The normalized spacial score (nSPS) is 12.8. The van der Waals surface area contributed by atoms with Crippen LogP contribution in [0.25, 0.3) is 0 Å². The largest absolute Gasteiger partial charge is 0.497 e. The summed E-state index contributed by atoms with van der Waals surface area (Å²) in [5.74, 6) is 0.593. The second kappa shape index (κ2) is 8.30. The first-order valence-corrected chi connectivity index (χ1v) is 8.60. The number of rotatable bonds is 7. The Bertz CT molecular complexity index is 833. The van der Waals surface area contributed by atoms with Crippen LogP contribution >= 0.6 is 0 Å². The second-order valence-electron chi connectivity index (χ2n) is 6.12. The van der Waals surface area contributed by atoms with E-state index in [2.05, 4.69) is 10.3 Å². The van der Waals surface area contributed by atoms with Crippen molar-refractivity contribution in [3.63, 3.8) is 0 Å². The molecule has 132 valence electrons. The van der Waals surface area contributed by atoms with Gasteiger partial charge >= 0.3 is 0 Å². The van der Waals surface area contributed by atoms with Gasteiger partial charge in [0.1, 0.15) is 5.75 Å². The summed E-state index contributed by atoms with van der Waals surface area (Å²) in [5.41, 5.74) is 2.45. The zero-order chi connectivity index (χ0) is 18.4. The molecule has 0 aliphatic heterocycles. The molecule has 0 aliphatic rings. The Labute approximate surface area is 153 Å². The van der Waals surface area contributed by atoms with Crippen molar-refractivity contribution in [2.45, 2.75) is 13.0 Å². The lowest BCUT2D eigenvalue weighted by Gasteiger charge is -2.25. The third-order valence-electron chi connectivity index (χ3n) is 4.39. The van der Waals surface area contributed by atoms with Crippen molar-refractivity contribution in [1.29, 1.82) is 0 Å². The Morgan fingerprint density at radius 3 is 2.27 bits per heavy atom. The SMILES string of the molecule is COc1ccc(NC(c2ccccn2)C(C)C(=O)c2ccccc2)cc1. The van der Waals surface area contributed by atoms with Gasteiger partial charge in [-0.3, -0.25) is 9.78 Å². The van der Waals surface area contributed by atoms with Crippen LogP contribution < -0.4 is 10.1 Å². The van der Waals surface area contributed by atoms with Crippen LogP contribution in [0.3, 0.4) is 0 Å². The molecular formula is C22H22N2O2. The predicted molar refractivity (Wildman–Crippen MR) is 104 cm³/mol. The highest BCUT2D eigenvalue weighted by atomic mass is 16.5. The van der Waals surface area contributed by atoms with E-state index in [4.69, 9.17) is 4.74 Å². The maximum atomic E-state index is 13.0. The summed E-state index contributed by atoms with van der Waals surface area (Å²) >= 11 is 0. The number of hydrogen-bond acceptors (Lipinski definition) is 4. The number of aromatic nitrogens is 1. The van der Waals surface area contributed by atoms with E-state index >= 15 is 0 Å². The monoisotopic (exact) mass is 346 g/mol. The first-order valence-electron chi connectivity index (χ1n) is 8.60. The Balaban J connectivity index is 1.89. The number of ether oxygens (including phenoxy) is 1. The van der Waals surface area contributed by atoms with Gasteiger partial charge in [0.05, 0.1) is 18.8 Å². The molecule has 0 saturated heterocycles. The zero-order valence-corrected chi connectivity index (χ0v) is 14.9. The third-order valence-corrected chi connectivity index (χ3v) is 4.39. The molecule has 1 aromatic heterocycles. The fourth-order valence-electron chi connectivity index (χ4n) is 2.90. The molecule has 2 aromatic carbocycles. The fourth-order valence-corrected chi connectivity index (χ4v) is 2.90. The van der Waals surface area contributed by atoms with Crippen molar-refractivity contribution in [3.05, 3.63) is 90.3 Å². The van der Waals surface area contributed by atoms with E-state index < -0.39 is 0 Å². The van der Waals surface area contributed by atoms with E-state index in [1.807, 2.05) is 79.7 Å². The van der Waals surface area contributed by atoms with Crippen molar-refractivity contribution in [2.24, 2.45) is 5.92 Å². The quantitative estimate of drug-likeness (QED) is 0.627. The first-order chi connectivity index (χ1) is 12.7. The van der Waals surface area contributed by atoms with Gasteiger partial charge in [0, 0.05) is 23.4 Å². The van der Waals surface area contributed by atoms with Gasteiger partial charge in [0.15, 0.2) is 5.78 Å². The number of carbonyl (C=O) groups is 1. The van der Waals surface area contributed by atoms with Crippen LogP contribution in [0.4, 0.5) is 5.69 Å². The maximum Gasteiger partial charge on any atom is 0.168 e. The highest BCUT2D eigenvalue weighted by Gasteiger charge is 2.27. The standard InChI is InChI=1S/C22H22N2O2/c1-16(22(25)17-8-4-3-5-9-17)21(20-10-6-7-15-23-20)24-18-11-13-19(26-2)14-12-18/h3-16,21,24H,1-2H3. The van der Waals surface area contributed by atoms with Gasteiger partial charge in [-0.05, 0) is 36.4 Å². The number of hydrogen-bond donors (Lipinski definition) is 1. The lowest BCUT2D eigenvalue weighted by Crippen LogP contribution is -2.26.